The van der Waals surface area contributed by atoms with E-state index in [4.69, 9.17) is 18.8 Å². The fourth-order valence-corrected chi connectivity index (χ4v) is 2.58. The number of thiophene rings is 1. The minimum Gasteiger partial charge on any atom is -0.493 e. The molecule has 0 spiro atoms. The summed E-state index contributed by atoms with van der Waals surface area (Å²) in [6, 6.07) is 7.36. The molecule has 0 amide bonds. The van der Waals surface area contributed by atoms with Crippen molar-refractivity contribution in [3.63, 3.8) is 0 Å². The molecule has 3 rings (SSSR count). The van der Waals surface area contributed by atoms with Gasteiger partial charge < -0.3 is 18.8 Å². The first-order valence-corrected chi connectivity index (χ1v) is 7.97. The third kappa shape index (κ3) is 3.72. The van der Waals surface area contributed by atoms with Crippen LogP contribution in [0.5, 0.6) is 11.5 Å². The van der Waals surface area contributed by atoms with Crippen molar-refractivity contribution < 1.29 is 18.8 Å². The third-order valence-electron chi connectivity index (χ3n) is 3.12. The van der Waals surface area contributed by atoms with E-state index < -0.39 is 0 Å². The molecule has 7 nitrogen and oxygen atoms in total. The molecule has 2 heterocycles. The van der Waals surface area contributed by atoms with Crippen molar-refractivity contribution in [1.29, 1.82) is 0 Å². The van der Waals surface area contributed by atoms with E-state index in [0.717, 1.165) is 11.1 Å². The van der Waals surface area contributed by atoms with Crippen molar-refractivity contribution in [3.05, 3.63) is 46.5 Å². The van der Waals surface area contributed by atoms with Gasteiger partial charge in [0.2, 0.25) is 5.82 Å². The molecule has 0 atom stereocenters. The van der Waals surface area contributed by atoms with Gasteiger partial charge in [0.15, 0.2) is 18.1 Å². The van der Waals surface area contributed by atoms with Gasteiger partial charge in [0.25, 0.3) is 5.89 Å². The minimum absolute atomic E-state index is 0.0981. The maximum Gasteiger partial charge on any atom is 0.267 e. The van der Waals surface area contributed by atoms with E-state index in [1.54, 1.807) is 43.9 Å². The quantitative estimate of drug-likeness (QED) is 0.482. The molecule has 3 aromatic rings. The Bertz CT molecular complexity index is 815. The van der Waals surface area contributed by atoms with Crippen molar-refractivity contribution in [3.8, 4) is 22.9 Å². The summed E-state index contributed by atoms with van der Waals surface area (Å²) < 4.78 is 15.5. The normalized spacial score (nSPS) is 10.9. The molecule has 0 saturated heterocycles. The average molecular weight is 345 g/mol. The maximum absolute atomic E-state index is 5.23. The van der Waals surface area contributed by atoms with E-state index in [2.05, 4.69) is 15.3 Å². The van der Waals surface area contributed by atoms with Crippen LogP contribution in [0.3, 0.4) is 0 Å². The summed E-state index contributed by atoms with van der Waals surface area (Å²) in [5.41, 5.74) is 1.74. The molecule has 2 aromatic heterocycles. The molecule has 0 aliphatic carbocycles. The van der Waals surface area contributed by atoms with Crippen LogP contribution >= 0.6 is 11.3 Å². The highest BCUT2D eigenvalue weighted by Crippen LogP contribution is 2.26. The monoisotopic (exact) mass is 345 g/mol. The van der Waals surface area contributed by atoms with Gasteiger partial charge in [-0.1, -0.05) is 10.3 Å². The van der Waals surface area contributed by atoms with Crippen molar-refractivity contribution in [2.24, 2.45) is 5.16 Å². The van der Waals surface area contributed by atoms with Gasteiger partial charge in [0.1, 0.15) is 0 Å². The molecular weight excluding hydrogens is 330 g/mol. The molecule has 24 heavy (non-hydrogen) atoms. The molecule has 0 N–H and O–H groups in total. The molecule has 8 heteroatoms. The predicted octanol–water partition coefficient (Wildman–Crippen LogP) is 3.37. The molecule has 0 aliphatic heterocycles. The van der Waals surface area contributed by atoms with Crippen LogP contribution in [0.2, 0.25) is 0 Å². The number of benzene rings is 1. The Kier molecular flexibility index (Phi) is 5.07. The molecule has 0 fully saturated rings. The number of hydrogen-bond donors (Lipinski definition) is 0. The van der Waals surface area contributed by atoms with E-state index in [1.165, 1.54) is 0 Å². The number of rotatable bonds is 7. The van der Waals surface area contributed by atoms with Gasteiger partial charge in [-0.3, -0.25) is 0 Å². The summed E-state index contributed by atoms with van der Waals surface area (Å²) in [4.78, 5) is 9.43. The van der Waals surface area contributed by atoms with Gasteiger partial charge in [-0.05, 0) is 29.6 Å². The number of oxime groups is 1. The topological polar surface area (TPSA) is 79.0 Å². The lowest BCUT2D eigenvalue weighted by Crippen LogP contribution is -1.93. The Balaban J connectivity index is 1.57. The Morgan fingerprint density at radius 1 is 1.21 bits per heavy atom. The predicted molar refractivity (Wildman–Crippen MR) is 89.5 cm³/mol. The summed E-state index contributed by atoms with van der Waals surface area (Å²) in [7, 11) is 3.17. The molecular formula is C16H15N3O4S. The second-order valence-electron chi connectivity index (χ2n) is 4.65. The molecule has 124 valence electrons. The highest BCUT2D eigenvalue weighted by Gasteiger charge is 2.09. The zero-order valence-corrected chi connectivity index (χ0v) is 13.9. The first kappa shape index (κ1) is 16.0. The Morgan fingerprint density at radius 2 is 2.08 bits per heavy atom. The molecule has 0 radical (unpaired) electrons. The van der Waals surface area contributed by atoms with Crippen molar-refractivity contribution in [1.82, 2.24) is 10.1 Å². The summed E-state index contributed by atoms with van der Waals surface area (Å²) in [5, 5.41) is 11.7. The van der Waals surface area contributed by atoms with Gasteiger partial charge in [0, 0.05) is 16.5 Å². The molecule has 0 unspecified atom stereocenters. The van der Waals surface area contributed by atoms with Gasteiger partial charge >= 0.3 is 0 Å². The van der Waals surface area contributed by atoms with Gasteiger partial charge in [-0.25, -0.2) is 0 Å². The Labute approximate surface area is 142 Å². The molecule has 1 aromatic carbocycles. The summed E-state index contributed by atoms with van der Waals surface area (Å²) in [6.07, 6.45) is 1.57. The van der Waals surface area contributed by atoms with Crippen molar-refractivity contribution in [2.45, 2.75) is 6.61 Å². The summed E-state index contributed by atoms with van der Waals surface area (Å²) >= 11 is 1.57. The van der Waals surface area contributed by atoms with E-state index >= 15 is 0 Å². The second-order valence-corrected chi connectivity index (χ2v) is 5.43. The zero-order valence-electron chi connectivity index (χ0n) is 13.1. The van der Waals surface area contributed by atoms with Gasteiger partial charge in [-0.2, -0.15) is 16.3 Å². The van der Waals surface area contributed by atoms with Gasteiger partial charge in [0.05, 0.1) is 20.4 Å². The van der Waals surface area contributed by atoms with Crippen LogP contribution in [-0.2, 0) is 11.4 Å². The average Bonchev–Trinajstić information content (AvgIpc) is 3.29. The lowest BCUT2D eigenvalue weighted by atomic mass is 10.2. The molecule has 0 aliphatic rings. The van der Waals surface area contributed by atoms with Crippen LogP contribution in [0, 0.1) is 0 Å². The zero-order chi connectivity index (χ0) is 16.8. The first-order chi connectivity index (χ1) is 11.8. The van der Waals surface area contributed by atoms with Crippen molar-refractivity contribution >= 4 is 17.6 Å². The van der Waals surface area contributed by atoms with Crippen LogP contribution in [0.4, 0.5) is 0 Å². The summed E-state index contributed by atoms with van der Waals surface area (Å²) in [5.74, 6) is 2.18. The Hall–Kier alpha value is -2.87. The maximum atomic E-state index is 5.23. The smallest absolute Gasteiger partial charge is 0.267 e. The lowest BCUT2D eigenvalue weighted by Gasteiger charge is -2.07. The van der Waals surface area contributed by atoms with Crippen LogP contribution < -0.4 is 9.47 Å². The van der Waals surface area contributed by atoms with E-state index in [-0.39, 0.29) is 6.61 Å². The summed E-state index contributed by atoms with van der Waals surface area (Å²) in [6.45, 7) is 0.0981. The van der Waals surface area contributed by atoms with E-state index in [9.17, 15) is 0 Å². The SMILES string of the molecule is COc1ccc(/C=N\OCc2nc(-c3ccsc3)no2)cc1OC. The van der Waals surface area contributed by atoms with Crippen LogP contribution in [0.1, 0.15) is 11.5 Å². The Morgan fingerprint density at radius 3 is 2.83 bits per heavy atom. The van der Waals surface area contributed by atoms with Crippen LogP contribution in [-0.4, -0.2) is 30.6 Å². The van der Waals surface area contributed by atoms with Crippen LogP contribution in [0.15, 0.2) is 44.7 Å². The number of hydrogen-bond acceptors (Lipinski definition) is 8. The molecule has 0 saturated carbocycles. The van der Waals surface area contributed by atoms with E-state index in [0.29, 0.717) is 23.2 Å². The molecule has 0 bridgehead atoms. The van der Waals surface area contributed by atoms with Gasteiger partial charge in [-0.15, -0.1) is 0 Å². The fourth-order valence-electron chi connectivity index (χ4n) is 1.95. The number of aromatic nitrogens is 2. The number of methoxy groups -OCH3 is 2. The first-order valence-electron chi connectivity index (χ1n) is 7.02. The third-order valence-corrected chi connectivity index (χ3v) is 3.80. The van der Waals surface area contributed by atoms with Crippen molar-refractivity contribution in [2.75, 3.05) is 14.2 Å². The lowest BCUT2D eigenvalue weighted by molar-refractivity contribution is 0.107. The standard InChI is InChI=1S/C16H15N3O4S/c1-20-13-4-3-11(7-14(13)21-2)8-17-22-9-15-18-16(19-23-15)12-5-6-24-10-12/h3-8,10H,9H2,1-2H3/b17-8-. The van der Waals surface area contributed by atoms with E-state index in [1.807, 2.05) is 22.9 Å². The highest BCUT2D eigenvalue weighted by molar-refractivity contribution is 7.08. The number of nitrogens with zero attached hydrogens (tertiary/aromatic N) is 3. The largest absolute Gasteiger partial charge is 0.493 e. The fraction of sp³-hybridized carbons (Fsp3) is 0.188. The second kappa shape index (κ2) is 7.60. The highest BCUT2D eigenvalue weighted by atomic mass is 32.1. The number of ether oxygens (including phenoxy) is 2. The minimum atomic E-state index is 0.0981. The van der Waals surface area contributed by atoms with Crippen LogP contribution in [0.25, 0.3) is 11.4 Å².